The first-order valence-corrected chi connectivity index (χ1v) is 4.89. The van der Waals surface area contributed by atoms with Crippen LogP contribution in [0.5, 0.6) is 0 Å². The van der Waals surface area contributed by atoms with Gasteiger partial charge in [0, 0.05) is 12.3 Å². The molecule has 84 valence electrons. The lowest BCUT2D eigenvalue weighted by molar-refractivity contribution is -0.142. The van der Waals surface area contributed by atoms with E-state index in [-0.39, 0.29) is 11.8 Å². The van der Waals surface area contributed by atoms with Crippen LogP contribution in [0.15, 0.2) is 0 Å². The van der Waals surface area contributed by atoms with Crippen LogP contribution in [0.3, 0.4) is 0 Å². The Morgan fingerprint density at radius 1 is 1.47 bits per heavy atom. The van der Waals surface area contributed by atoms with E-state index in [1.54, 1.807) is 13.8 Å². The number of unbranched alkanes of at least 4 members (excludes halogenated alkanes) is 1. The van der Waals surface area contributed by atoms with E-state index in [1.165, 1.54) is 0 Å². The van der Waals surface area contributed by atoms with Crippen LogP contribution < -0.4 is 5.32 Å². The number of carboxylic acids is 1. The van der Waals surface area contributed by atoms with Crippen LogP contribution >= 0.6 is 0 Å². The van der Waals surface area contributed by atoms with Gasteiger partial charge < -0.3 is 10.4 Å². The zero-order chi connectivity index (χ0) is 11.8. The molecular formula is C10H16N2O3. The normalized spacial score (nSPS) is 11.9. The fraction of sp³-hybridized carbons (Fsp3) is 0.700. The lowest BCUT2D eigenvalue weighted by Crippen LogP contribution is -2.42. The summed E-state index contributed by atoms with van der Waals surface area (Å²) in [4.78, 5) is 22.0. The minimum absolute atomic E-state index is 0.234. The number of nitrogens with zero attached hydrogens (tertiary/aromatic N) is 1. The second-order valence-corrected chi connectivity index (χ2v) is 3.60. The highest BCUT2D eigenvalue weighted by molar-refractivity contribution is 5.84. The van der Waals surface area contributed by atoms with Gasteiger partial charge in [0.1, 0.15) is 6.04 Å². The molecule has 0 spiro atoms. The van der Waals surface area contributed by atoms with Gasteiger partial charge in [-0.15, -0.1) is 0 Å². The molecule has 1 atom stereocenters. The van der Waals surface area contributed by atoms with E-state index in [0.29, 0.717) is 19.3 Å². The molecule has 0 aromatic heterocycles. The number of nitrogens with one attached hydrogen (secondary N) is 1. The summed E-state index contributed by atoms with van der Waals surface area (Å²) in [7, 11) is 0. The zero-order valence-corrected chi connectivity index (χ0v) is 8.99. The average Bonchev–Trinajstić information content (AvgIpc) is 2.15. The molecule has 0 bridgehead atoms. The molecule has 15 heavy (non-hydrogen) atoms. The minimum atomic E-state index is -1.05. The summed E-state index contributed by atoms with van der Waals surface area (Å²) in [5.41, 5.74) is 0. The Labute approximate surface area is 89.1 Å². The molecule has 0 aliphatic rings. The summed E-state index contributed by atoms with van der Waals surface area (Å²) in [6.07, 6.45) is 1.08. The zero-order valence-electron chi connectivity index (χ0n) is 8.99. The van der Waals surface area contributed by atoms with Crippen molar-refractivity contribution < 1.29 is 14.7 Å². The van der Waals surface area contributed by atoms with Crippen LogP contribution in [0.2, 0.25) is 0 Å². The van der Waals surface area contributed by atoms with Gasteiger partial charge >= 0.3 is 5.97 Å². The summed E-state index contributed by atoms with van der Waals surface area (Å²) < 4.78 is 0. The molecular weight excluding hydrogens is 196 g/mol. The van der Waals surface area contributed by atoms with Crippen molar-refractivity contribution in [1.29, 1.82) is 5.26 Å². The van der Waals surface area contributed by atoms with Crippen LogP contribution in [0.25, 0.3) is 0 Å². The SMILES string of the molecule is CC(C)C(=O)N[C@@H](CCCC#N)C(=O)O. The number of nitriles is 1. The first-order valence-electron chi connectivity index (χ1n) is 4.89. The van der Waals surface area contributed by atoms with Crippen LogP contribution in [0.1, 0.15) is 33.1 Å². The number of hydrogen-bond acceptors (Lipinski definition) is 3. The number of rotatable bonds is 6. The summed E-state index contributed by atoms with van der Waals surface area (Å²) in [6.45, 7) is 3.40. The van der Waals surface area contributed by atoms with Crippen molar-refractivity contribution in [1.82, 2.24) is 5.32 Å². The van der Waals surface area contributed by atoms with E-state index in [2.05, 4.69) is 5.32 Å². The molecule has 1 amide bonds. The van der Waals surface area contributed by atoms with Crippen LogP contribution in [-0.2, 0) is 9.59 Å². The predicted molar refractivity (Wildman–Crippen MR) is 53.9 cm³/mol. The monoisotopic (exact) mass is 212 g/mol. The van der Waals surface area contributed by atoms with Gasteiger partial charge in [0.05, 0.1) is 6.07 Å². The van der Waals surface area contributed by atoms with Gasteiger partial charge in [-0.1, -0.05) is 13.8 Å². The molecule has 5 nitrogen and oxygen atoms in total. The highest BCUT2D eigenvalue weighted by Gasteiger charge is 2.20. The van der Waals surface area contributed by atoms with Crippen molar-refractivity contribution in [2.24, 2.45) is 5.92 Å². The van der Waals surface area contributed by atoms with Gasteiger partial charge in [0.15, 0.2) is 0 Å². The Morgan fingerprint density at radius 3 is 2.47 bits per heavy atom. The molecule has 0 aromatic rings. The Morgan fingerprint density at radius 2 is 2.07 bits per heavy atom. The molecule has 0 aromatic carbocycles. The minimum Gasteiger partial charge on any atom is -0.480 e. The summed E-state index contributed by atoms with van der Waals surface area (Å²) in [5.74, 6) is -1.57. The van der Waals surface area contributed by atoms with Gasteiger partial charge in [-0.3, -0.25) is 4.79 Å². The van der Waals surface area contributed by atoms with Crippen molar-refractivity contribution in [3.8, 4) is 6.07 Å². The Bertz CT molecular complexity index is 268. The van der Waals surface area contributed by atoms with Gasteiger partial charge in [-0.25, -0.2) is 4.79 Å². The third-order valence-electron chi connectivity index (χ3n) is 1.92. The summed E-state index contributed by atoms with van der Waals surface area (Å²) in [5, 5.41) is 19.5. The Balaban J connectivity index is 4.12. The molecule has 0 saturated heterocycles. The lowest BCUT2D eigenvalue weighted by atomic mass is 10.1. The van der Waals surface area contributed by atoms with Gasteiger partial charge in [-0.2, -0.15) is 5.26 Å². The lowest BCUT2D eigenvalue weighted by Gasteiger charge is -2.15. The smallest absolute Gasteiger partial charge is 0.326 e. The van der Waals surface area contributed by atoms with Crippen LogP contribution in [-0.4, -0.2) is 23.0 Å². The van der Waals surface area contributed by atoms with Crippen molar-refractivity contribution >= 4 is 11.9 Å². The summed E-state index contributed by atoms with van der Waals surface area (Å²) >= 11 is 0. The second-order valence-electron chi connectivity index (χ2n) is 3.60. The van der Waals surface area contributed by atoms with Gasteiger partial charge in [0.25, 0.3) is 0 Å². The Hall–Kier alpha value is -1.57. The molecule has 0 rings (SSSR count). The van der Waals surface area contributed by atoms with E-state index in [9.17, 15) is 9.59 Å². The number of carbonyl (C=O) groups is 2. The number of carboxylic acid groups (broad SMARTS) is 1. The maximum Gasteiger partial charge on any atom is 0.326 e. The standard InChI is InChI=1S/C10H16N2O3/c1-7(2)9(13)12-8(10(14)15)5-3-4-6-11/h7-8H,3-5H2,1-2H3,(H,12,13)(H,14,15)/t8-/m0/s1. The first-order chi connectivity index (χ1) is 6.99. The quantitative estimate of drug-likeness (QED) is 0.640. The van der Waals surface area contributed by atoms with E-state index in [0.717, 1.165) is 0 Å². The third-order valence-corrected chi connectivity index (χ3v) is 1.92. The average molecular weight is 212 g/mol. The van der Waals surface area contributed by atoms with E-state index in [4.69, 9.17) is 10.4 Å². The maximum absolute atomic E-state index is 11.3. The largest absolute Gasteiger partial charge is 0.480 e. The van der Waals surface area contributed by atoms with Crippen molar-refractivity contribution in [2.45, 2.75) is 39.2 Å². The molecule has 0 radical (unpaired) electrons. The molecule has 0 aliphatic heterocycles. The molecule has 0 aliphatic carbocycles. The topological polar surface area (TPSA) is 90.2 Å². The van der Waals surface area contributed by atoms with E-state index >= 15 is 0 Å². The van der Waals surface area contributed by atoms with Gasteiger partial charge in [0.2, 0.25) is 5.91 Å². The first kappa shape index (κ1) is 13.4. The van der Waals surface area contributed by atoms with Crippen molar-refractivity contribution in [2.75, 3.05) is 0 Å². The molecule has 2 N–H and O–H groups in total. The van der Waals surface area contributed by atoms with E-state index in [1.807, 2.05) is 6.07 Å². The van der Waals surface area contributed by atoms with Crippen molar-refractivity contribution in [3.05, 3.63) is 0 Å². The third kappa shape index (κ3) is 5.68. The van der Waals surface area contributed by atoms with Gasteiger partial charge in [-0.05, 0) is 12.8 Å². The number of amides is 1. The molecule has 0 saturated carbocycles. The van der Waals surface area contributed by atoms with E-state index < -0.39 is 12.0 Å². The fourth-order valence-electron chi connectivity index (χ4n) is 0.981. The fourth-order valence-corrected chi connectivity index (χ4v) is 0.981. The number of hydrogen-bond donors (Lipinski definition) is 2. The van der Waals surface area contributed by atoms with Crippen molar-refractivity contribution in [3.63, 3.8) is 0 Å². The predicted octanol–water partition coefficient (Wildman–Crippen LogP) is 0.906. The molecule has 0 unspecified atom stereocenters. The van der Waals surface area contributed by atoms with Crippen LogP contribution in [0.4, 0.5) is 0 Å². The number of aliphatic carboxylic acids is 1. The van der Waals surface area contributed by atoms with Crippen LogP contribution in [0, 0.1) is 17.2 Å². The molecule has 5 heteroatoms. The Kier molecular flexibility index (Phi) is 6.11. The maximum atomic E-state index is 11.3. The second kappa shape index (κ2) is 6.82. The highest BCUT2D eigenvalue weighted by Crippen LogP contribution is 2.02. The number of carbonyl (C=O) groups excluding carboxylic acids is 1. The summed E-state index contributed by atoms with van der Waals surface area (Å²) in [6, 6.07) is 1.05. The molecule has 0 heterocycles. The highest BCUT2D eigenvalue weighted by atomic mass is 16.4. The molecule has 0 fully saturated rings.